The molecule has 27 heavy (non-hydrogen) atoms. The van der Waals surface area contributed by atoms with E-state index in [9.17, 15) is 0 Å². The summed E-state index contributed by atoms with van der Waals surface area (Å²) in [6.07, 6.45) is 1.70. The summed E-state index contributed by atoms with van der Waals surface area (Å²) >= 11 is 0. The van der Waals surface area contributed by atoms with E-state index in [1.807, 2.05) is 43.3 Å². The van der Waals surface area contributed by atoms with E-state index in [1.54, 1.807) is 20.4 Å². The van der Waals surface area contributed by atoms with Crippen molar-refractivity contribution >= 4 is 22.6 Å². The third-order valence-corrected chi connectivity index (χ3v) is 3.68. The lowest BCUT2D eigenvalue weighted by atomic mass is 10.1. The lowest BCUT2D eigenvalue weighted by molar-refractivity contribution is 0.256. The number of hydrogen-bond donors (Lipinski definition) is 3. The molecule has 8 nitrogen and oxygen atoms in total. The van der Waals surface area contributed by atoms with E-state index in [1.165, 1.54) is 0 Å². The Labute approximate surface area is 156 Å². The molecule has 2 amide bonds. The van der Waals surface area contributed by atoms with Crippen molar-refractivity contribution < 1.29 is 19.0 Å². The van der Waals surface area contributed by atoms with Crippen LogP contribution in [0, 0.1) is 6.92 Å². The van der Waals surface area contributed by atoms with Crippen LogP contribution in [0.15, 0.2) is 42.6 Å². The quantitative estimate of drug-likeness (QED) is 0.604. The first kappa shape index (κ1) is 19.6. The minimum absolute atomic E-state index is 0.631. The van der Waals surface area contributed by atoms with Gasteiger partial charge in [-0.1, -0.05) is 0 Å². The molecule has 1 aromatic heterocycles. The molecule has 0 aliphatic carbocycles. The number of aryl methyl sites for hydroxylation is 1. The van der Waals surface area contributed by atoms with Gasteiger partial charge in [0.05, 0.1) is 19.7 Å². The number of methoxy groups -OCH3 is 2. The van der Waals surface area contributed by atoms with Crippen LogP contribution in [0.5, 0.6) is 23.0 Å². The van der Waals surface area contributed by atoms with Gasteiger partial charge in [-0.3, -0.25) is 4.98 Å². The molecule has 0 radical (unpaired) electrons. The van der Waals surface area contributed by atoms with Gasteiger partial charge in [0.15, 0.2) is 11.5 Å². The van der Waals surface area contributed by atoms with Crippen LogP contribution >= 0.6 is 0 Å². The number of primary amides is 2. The number of amides is 2. The number of carbonyl (C=O) groups is 1. The third-order valence-electron chi connectivity index (χ3n) is 3.68. The highest BCUT2D eigenvalue weighted by atomic mass is 16.5. The van der Waals surface area contributed by atoms with Crippen molar-refractivity contribution in [3.8, 4) is 23.0 Å². The lowest BCUT2D eigenvalue weighted by Crippen LogP contribution is -2.18. The standard InChI is InChI=1S/C18H18N2O3.CH4N2O/c1-11-8-12(4-5-14(11)19)23-16-6-7-20-15-10-18(22-3)17(21-2)9-13(15)16;2-1(3)4/h4-10H,19H2,1-3H3;(H4,2,3,4). The van der Waals surface area contributed by atoms with Crippen LogP contribution in [0.25, 0.3) is 10.9 Å². The first-order chi connectivity index (χ1) is 12.8. The number of anilines is 1. The molecule has 0 fully saturated rings. The molecule has 6 N–H and O–H groups in total. The monoisotopic (exact) mass is 370 g/mol. The van der Waals surface area contributed by atoms with Gasteiger partial charge in [-0.2, -0.15) is 0 Å². The lowest BCUT2D eigenvalue weighted by Gasteiger charge is -2.13. The minimum Gasteiger partial charge on any atom is -0.493 e. The maximum absolute atomic E-state index is 9.00. The van der Waals surface area contributed by atoms with Gasteiger partial charge >= 0.3 is 6.03 Å². The van der Waals surface area contributed by atoms with Gasteiger partial charge < -0.3 is 31.4 Å². The van der Waals surface area contributed by atoms with Crippen molar-refractivity contribution in [2.75, 3.05) is 20.0 Å². The fourth-order valence-electron chi connectivity index (χ4n) is 2.38. The Morgan fingerprint density at radius 1 is 0.963 bits per heavy atom. The van der Waals surface area contributed by atoms with E-state index in [0.717, 1.165) is 27.9 Å². The average molecular weight is 370 g/mol. The second-order valence-corrected chi connectivity index (χ2v) is 5.56. The zero-order chi connectivity index (χ0) is 20.0. The summed E-state index contributed by atoms with van der Waals surface area (Å²) in [5.41, 5.74) is 16.8. The number of nitrogens with two attached hydrogens (primary N) is 3. The smallest absolute Gasteiger partial charge is 0.309 e. The van der Waals surface area contributed by atoms with Crippen LogP contribution < -0.4 is 31.4 Å². The van der Waals surface area contributed by atoms with Crippen molar-refractivity contribution in [1.29, 1.82) is 0 Å². The zero-order valence-corrected chi connectivity index (χ0v) is 15.4. The van der Waals surface area contributed by atoms with Crippen LogP contribution in [0.4, 0.5) is 10.5 Å². The number of pyridine rings is 1. The van der Waals surface area contributed by atoms with Gasteiger partial charge in [-0.05, 0) is 42.8 Å². The van der Waals surface area contributed by atoms with Crippen molar-refractivity contribution in [2.45, 2.75) is 6.92 Å². The molecule has 0 unspecified atom stereocenters. The predicted molar refractivity (Wildman–Crippen MR) is 104 cm³/mol. The summed E-state index contributed by atoms with van der Waals surface area (Å²) in [6.45, 7) is 1.95. The summed E-state index contributed by atoms with van der Waals surface area (Å²) in [5.74, 6) is 2.68. The molecule has 0 aliphatic rings. The Kier molecular flexibility index (Phi) is 6.27. The van der Waals surface area contributed by atoms with Crippen LogP contribution in [0.2, 0.25) is 0 Å². The molecule has 1 heterocycles. The molecule has 0 saturated carbocycles. The van der Waals surface area contributed by atoms with Crippen LogP contribution in [-0.4, -0.2) is 25.2 Å². The molecule has 0 saturated heterocycles. The fraction of sp³-hybridized carbons (Fsp3) is 0.158. The van der Waals surface area contributed by atoms with E-state index in [0.29, 0.717) is 17.2 Å². The van der Waals surface area contributed by atoms with Gasteiger partial charge in [-0.15, -0.1) is 0 Å². The van der Waals surface area contributed by atoms with Gasteiger partial charge in [0.25, 0.3) is 0 Å². The predicted octanol–water partition coefficient (Wildman–Crippen LogP) is 2.96. The number of hydrogen-bond acceptors (Lipinski definition) is 6. The summed E-state index contributed by atoms with van der Waals surface area (Å²) in [7, 11) is 3.20. The Morgan fingerprint density at radius 2 is 1.59 bits per heavy atom. The largest absolute Gasteiger partial charge is 0.493 e. The molecule has 0 bridgehead atoms. The molecular weight excluding hydrogens is 348 g/mol. The maximum Gasteiger partial charge on any atom is 0.309 e. The molecule has 3 rings (SSSR count). The average Bonchev–Trinajstić information content (AvgIpc) is 2.63. The Hall–Kier alpha value is -3.68. The molecular formula is C19H22N4O4. The Balaban J connectivity index is 0.000000596. The number of nitrogen functional groups attached to an aromatic ring is 1. The van der Waals surface area contributed by atoms with Crippen molar-refractivity contribution in [3.05, 3.63) is 48.2 Å². The summed E-state index contributed by atoms with van der Waals surface area (Å²) in [5, 5.41) is 0.847. The highest BCUT2D eigenvalue weighted by Gasteiger charge is 2.11. The second kappa shape index (κ2) is 8.61. The number of urea groups is 1. The normalized spacial score (nSPS) is 9.89. The summed E-state index contributed by atoms with van der Waals surface area (Å²) in [6, 6.07) is 10.3. The first-order valence-corrected chi connectivity index (χ1v) is 7.95. The molecule has 142 valence electrons. The van der Waals surface area contributed by atoms with Crippen LogP contribution in [0.3, 0.4) is 0 Å². The third kappa shape index (κ3) is 4.91. The SMILES string of the molecule is COc1cc2nccc(Oc3ccc(N)c(C)c3)c2cc1OC.NC(N)=O. The molecule has 3 aromatic rings. The molecule has 0 spiro atoms. The minimum atomic E-state index is -0.833. The number of fused-ring (bicyclic) bond motifs is 1. The van der Waals surface area contributed by atoms with E-state index >= 15 is 0 Å². The molecule has 2 aromatic carbocycles. The van der Waals surface area contributed by atoms with Gasteiger partial charge in [0.1, 0.15) is 11.5 Å². The number of aromatic nitrogens is 1. The molecule has 0 atom stereocenters. The summed E-state index contributed by atoms with van der Waals surface area (Å²) < 4.78 is 16.7. The van der Waals surface area contributed by atoms with Gasteiger partial charge in [0, 0.05) is 23.3 Å². The van der Waals surface area contributed by atoms with Crippen molar-refractivity contribution in [2.24, 2.45) is 11.5 Å². The number of nitrogens with zero attached hydrogens (tertiary/aromatic N) is 1. The zero-order valence-electron chi connectivity index (χ0n) is 15.4. The van der Waals surface area contributed by atoms with E-state index < -0.39 is 6.03 Å². The van der Waals surface area contributed by atoms with E-state index in [-0.39, 0.29) is 0 Å². The van der Waals surface area contributed by atoms with Crippen LogP contribution in [0.1, 0.15) is 5.56 Å². The Morgan fingerprint density at radius 3 is 2.19 bits per heavy atom. The molecule has 0 aliphatic heterocycles. The first-order valence-electron chi connectivity index (χ1n) is 7.95. The highest BCUT2D eigenvalue weighted by Crippen LogP contribution is 2.37. The highest BCUT2D eigenvalue weighted by molar-refractivity contribution is 5.88. The number of carbonyl (C=O) groups excluding carboxylic acids is 1. The van der Waals surface area contributed by atoms with Crippen LogP contribution in [-0.2, 0) is 0 Å². The van der Waals surface area contributed by atoms with E-state index in [4.69, 9.17) is 24.7 Å². The Bertz CT molecular complexity index is 956. The fourth-order valence-corrected chi connectivity index (χ4v) is 2.38. The topological polar surface area (TPSA) is 136 Å². The van der Waals surface area contributed by atoms with Crippen molar-refractivity contribution in [3.63, 3.8) is 0 Å². The van der Waals surface area contributed by atoms with Gasteiger partial charge in [0.2, 0.25) is 0 Å². The number of rotatable bonds is 4. The summed E-state index contributed by atoms with van der Waals surface area (Å²) in [4.78, 5) is 13.4. The van der Waals surface area contributed by atoms with E-state index in [2.05, 4.69) is 16.5 Å². The number of ether oxygens (including phenoxy) is 3. The van der Waals surface area contributed by atoms with Gasteiger partial charge in [-0.25, -0.2) is 4.79 Å². The number of benzene rings is 2. The second-order valence-electron chi connectivity index (χ2n) is 5.56. The maximum atomic E-state index is 9.00. The van der Waals surface area contributed by atoms with Crippen molar-refractivity contribution in [1.82, 2.24) is 4.98 Å². The molecule has 8 heteroatoms.